The van der Waals surface area contributed by atoms with E-state index in [9.17, 15) is 0 Å². The fraction of sp³-hybridized carbons (Fsp3) is 0.400. The molecule has 0 aromatic carbocycles. The van der Waals surface area contributed by atoms with Gasteiger partial charge in [0.15, 0.2) is 7.05 Å². The van der Waals surface area contributed by atoms with Gasteiger partial charge in [0.2, 0.25) is 11.8 Å². The van der Waals surface area contributed by atoms with E-state index in [1.54, 1.807) is 0 Å². The molecule has 0 aliphatic heterocycles. The quantitative estimate of drug-likeness (QED) is 0.602. The molecule has 0 aliphatic rings. The highest BCUT2D eigenvalue weighted by molar-refractivity contribution is 5.72. The van der Waals surface area contributed by atoms with Crippen LogP contribution in [0.5, 0.6) is 0 Å². The highest BCUT2D eigenvalue weighted by Gasteiger charge is 2.14. The van der Waals surface area contributed by atoms with Crippen molar-refractivity contribution in [3.05, 3.63) is 24.5 Å². The van der Waals surface area contributed by atoms with Crippen LogP contribution in [0.25, 0.3) is 11.0 Å². The van der Waals surface area contributed by atoms with Crippen LogP contribution >= 0.6 is 0 Å². The molecule has 2 aromatic heterocycles. The van der Waals surface area contributed by atoms with Crippen molar-refractivity contribution in [2.75, 3.05) is 0 Å². The summed E-state index contributed by atoms with van der Waals surface area (Å²) in [5.41, 5.74) is 1.06. The topological polar surface area (TPSA) is 21.7 Å². The van der Waals surface area contributed by atoms with E-state index < -0.39 is 0 Å². The van der Waals surface area contributed by atoms with Crippen molar-refractivity contribution in [2.24, 2.45) is 7.05 Å². The molecule has 0 bridgehead atoms. The van der Waals surface area contributed by atoms with Gasteiger partial charge in [-0.05, 0) is 26.0 Å². The third kappa shape index (κ3) is 1.20. The smallest absolute Gasteiger partial charge is 0.204 e. The van der Waals surface area contributed by atoms with Crippen molar-refractivity contribution in [3.8, 4) is 0 Å². The van der Waals surface area contributed by atoms with Crippen LogP contribution in [-0.2, 0) is 7.05 Å². The summed E-state index contributed by atoms with van der Waals surface area (Å²) < 4.78 is 4.26. The van der Waals surface area contributed by atoms with Crippen LogP contribution in [0.15, 0.2) is 24.5 Å². The maximum absolute atomic E-state index is 4.37. The Morgan fingerprint density at radius 3 is 2.92 bits per heavy atom. The van der Waals surface area contributed by atoms with Gasteiger partial charge in [-0.25, -0.2) is 4.98 Å². The monoisotopic (exact) mass is 176 g/mol. The van der Waals surface area contributed by atoms with Gasteiger partial charge in [-0.3, -0.25) is 0 Å². The molecule has 0 unspecified atom stereocenters. The van der Waals surface area contributed by atoms with Crippen molar-refractivity contribution in [2.45, 2.75) is 19.9 Å². The normalized spacial score (nSPS) is 11.4. The molecule has 3 heteroatoms. The van der Waals surface area contributed by atoms with Gasteiger partial charge in [0.25, 0.3) is 0 Å². The van der Waals surface area contributed by atoms with Gasteiger partial charge in [0, 0.05) is 6.20 Å². The summed E-state index contributed by atoms with van der Waals surface area (Å²) in [7, 11) is 2.04. The zero-order valence-electron chi connectivity index (χ0n) is 8.23. The minimum Gasteiger partial charge on any atom is -0.233 e. The maximum Gasteiger partial charge on any atom is 0.204 e. The third-order valence-electron chi connectivity index (χ3n) is 2.19. The minimum absolute atomic E-state index is 0.442. The van der Waals surface area contributed by atoms with Crippen LogP contribution in [0.4, 0.5) is 0 Å². The predicted octanol–water partition coefficient (Wildman–Crippen LogP) is 1.44. The maximum atomic E-state index is 4.37. The van der Waals surface area contributed by atoms with Crippen LogP contribution in [0.1, 0.15) is 19.9 Å². The van der Waals surface area contributed by atoms with Gasteiger partial charge < -0.3 is 0 Å². The summed E-state index contributed by atoms with van der Waals surface area (Å²) in [5, 5.41) is 1.19. The second-order valence-corrected chi connectivity index (χ2v) is 3.56. The second kappa shape index (κ2) is 2.83. The molecule has 0 radical (unpaired) electrons. The van der Waals surface area contributed by atoms with E-state index in [2.05, 4.69) is 40.5 Å². The predicted molar refractivity (Wildman–Crippen MR) is 51.3 cm³/mol. The van der Waals surface area contributed by atoms with E-state index in [1.165, 1.54) is 5.39 Å². The molecule has 0 N–H and O–H groups in total. The largest absolute Gasteiger partial charge is 0.233 e. The molecule has 0 amide bonds. The first-order valence-corrected chi connectivity index (χ1v) is 4.52. The summed E-state index contributed by atoms with van der Waals surface area (Å²) in [6.45, 7) is 4.32. The number of hydrogen-bond acceptors (Lipinski definition) is 1. The Morgan fingerprint density at radius 1 is 1.46 bits per heavy atom. The van der Waals surface area contributed by atoms with Gasteiger partial charge in [0.1, 0.15) is 0 Å². The Labute approximate surface area is 77.6 Å². The number of nitrogens with zero attached hydrogens (tertiary/aromatic N) is 3. The lowest BCUT2D eigenvalue weighted by molar-refractivity contribution is -0.753. The Kier molecular flexibility index (Phi) is 1.79. The van der Waals surface area contributed by atoms with Crippen LogP contribution in [0.3, 0.4) is 0 Å². The van der Waals surface area contributed by atoms with Gasteiger partial charge in [0.05, 0.1) is 11.4 Å². The van der Waals surface area contributed by atoms with Gasteiger partial charge >= 0.3 is 0 Å². The van der Waals surface area contributed by atoms with E-state index in [1.807, 2.05) is 19.3 Å². The van der Waals surface area contributed by atoms with Crippen molar-refractivity contribution in [1.29, 1.82) is 0 Å². The fourth-order valence-electron chi connectivity index (χ4n) is 1.72. The Hall–Kier alpha value is -1.38. The molecule has 13 heavy (non-hydrogen) atoms. The van der Waals surface area contributed by atoms with E-state index >= 15 is 0 Å². The molecule has 68 valence electrons. The van der Waals surface area contributed by atoms with E-state index in [0.29, 0.717) is 6.04 Å². The standard InChI is InChI=1S/C10H14N3/c1-8(2)13-10-9(7-12(13)3)5-4-6-11-10/h4-8H,1-3H3/q+1. The van der Waals surface area contributed by atoms with E-state index in [4.69, 9.17) is 0 Å². The van der Waals surface area contributed by atoms with Gasteiger partial charge in [-0.1, -0.05) is 0 Å². The summed E-state index contributed by atoms with van der Waals surface area (Å²) in [4.78, 5) is 4.37. The first-order chi connectivity index (χ1) is 6.20. The molecule has 2 heterocycles. The number of hydrogen-bond donors (Lipinski definition) is 0. The molecular formula is C10H14N3+. The first kappa shape index (κ1) is 8.23. The number of rotatable bonds is 1. The lowest BCUT2D eigenvalue weighted by Gasteiger charge is -2.03. The number of aryl methyl sites for hydroxylation is 1. The highest BCUT2D eigenvalue weighted by Crippen LogP contribution is 2.12. The molecule has 0 saturated heterocycles. The number of fused-ring (bicyclic) bond motifs is 1. The molecule has 2 rings (SSSR count). The zero-order chi connectivity index (χ0) is 9.42. The Morgan fingerprint density at radius 2 is 2.23 bits per heavy atom. The second-order valence-electron chi connectivity index (χ2n) is 3.56. The van der Waals surface area contributed by atoms with E-state index in [0.717, 1.165) is 5.65 Å². The molecule has 3 nitrogen and oxygen atoms in total. The molecule has 2 aromatic rings. The fourth-order valence-corrected chi connectivity index (χ4v) is 1.72. The van der Waals surface area contributed by atoms with Gasteiger partial charge in [-0.15, -0.1) is 9.36 Å². The molecule has 0 atom stereocenters. The SMILES string of the molecule is CC(C)n1c2ncccc2c[n+]1C. The van der Waals surface area contributed by atoms with Crippen LogP contribution < -0.4 is 4.68 Å². The van der Waals surface area contributed by atoms with Crippen LogP contribution in [0, 0.1) is 0 Å². The average molecular weight is 176 g/mol. The Bertz CT molecular complexity index is 429. The lowest BCUT2D eigenvalue weighted by Crippen LogP contribution is -2.39. The molecule has 0 spiro atoms. The summed E-state index contributed by atoms with van der Waals surface area (Å²) in [6.07, 6.45) is 3.93. The van der Waals surface area contributed by atoms with Crippen molar-refractivity contribution in [1.82, 2.24) is 9.67 Å². The van der Waals surface area contributed by atoms with Gasteiger partial charge in [-0.2, -0.15) is 0 Å². The Balaban J connectivity index is 2.78. The summed E-state index contributed by atoms with van der Waals surface area (Å²) in [6, 6.07) is 4.49. The summed E-state index contributed by atoms with van der Waals surface area (Å²) >= 11 is 0. The lowest BCUT2D eigenvalue weighted by atomic mass is 10.3. The van der Waals surface area contributed by atoms with Crippen molar-refractivity contribution in [3.63, 3.8) is 0 Å². The molecular weight excluding hydrogens is 162 g/mol. The van der Waals surface area contributed by atoms with Crippen LogP contribution in [0.2, 0.25) is 0 Å². The molecule has 0 saturated carbocycles. The third-order valence-corrected chi connectivity index (χ3v) is 2.19. The van der Waals surface area contributed by atoms with Crippen LogP contribution in [-0.4, -0.2) is 9.67 Å². The van der Waals surface area contributed by atoms with Crippen molar-refractivity contribution < 1.29 is 4.68 Å². The summed E-state index contributed by atoms with van der Waals surface area (Å²) in [5.74, 6) is 0. The number of aromatic nitrogens is 3. The van der Waals surface area contributed by atoms with E-state index in [-0.39, 0.29) is 0 Å². The highest BCUT2D eigenvalue weighted by atomic mass is 15.4. The first-order valence-electron chi connectivity index (χ1n) is 4.52. The minimum atomic E-state index is 0.442. The van der Waals surface area contributed by atoms with Crippen molar-refractivity contribution >= 4 is 11.0 Å². The molecule has 0 fully saturated rings. The average Bonchev–Trinajstić information content (AvgIpc) is 2.39. The number of pyridine rings is 1. The zero-order valence-corrected chi connectivity index (χ0v) is 8.23. The molecule has 0 aliphatic carbocycles.